The Kier molecular flexibility index (Phi) is 3.30. The molecule has 1 rings (SSSR count). The van der Waals surface area contributed by atoms with Crippen molar-refractivity contribution in [3.05, 3.63) is 30.1 Å². The molecule has 0 amide bonds. The molecule has 5 heteroatoms. The van der Waals surface area contributed by atoms with Crippen LogP contribution >= 0.6 is 0 Å². The topological polar surface area (TPSA) is 82.3 Å². The molecule has 2 N–H and O–H groups in total. The van der Waals surface area contributed by atoms with Gasteiger partial charge in [-0.05, 0) is 19.1 Å². The van der Waals surface area contributed by atoms with Crippen LogP contribution in [0.4, 0.5) is 0 Å². The lowest BCUT2D eigenvalue weighted by Crippen LogP contribution is -2.25. The normalized spacial score (nSPS) is 11.9. The minimum atomic E-state index is -0.887. The lowest BCUT2D eigenvalue weighted by atomic mass is 10.0. The summed E-state index contributed by atoms with van der Waals surface area (Å²) in [5.74, 6) is 2.71. The molecule has 1 aromatic rings. The fourth-order valence-corrected chi connectivity index (χ4v) is 0.975. The zero-order valence-electron chi connectivity index (χ0n) is 7.64. The summed E-state index contributed by atoms with van der Waals surface area (Å²) in [6, 6.07) is 3.06. The van der Waals surface area contributed by atoms with Crippen LogP contribution in [0.25, 0.3) is 0 Å². The summed E-state index contributed by atoms with van der Waals surface area (Å²) in [6.07, 6.45) is 2.96. The Morgan fingerprint density at radius 2 is 2.00 bits per heavy atom. The van der Waals surface area contributed by atoms with Crippen molar-refractivity contribution >= 4 is 11.8 Å². The van der Waals surface area contributed by atoms with Gasteiger partial charge in [0.1, 0.15) is 5.92 Å². The number of carbonyl (C=O) groups excluding carboxylic acids is 2. The first kappa shape index (κ1) is 10.3. The second kappa shape index (κ2) is 4.48. The summed E-state index contributed by atoms with van der Waals surface area (Å²) < 4.78 is 0. The summed E-state index contributed by atoms with van der Waals surface area (Å²) in [4.78, 5) is 30.2. The van der Waals surface area contributed by atoms with Crippen LogP contribution < -0.4 is 5.90 Å². The molecular weight excluding hydrogens is 184 g/mol. The number of hydrogen-bond donors (Lipinski definition) is 1. The van der Waals surface area contributed by atoms with E-state index in [9.17, 15) is 9.59 Å². The van der Waals surface area contributed by atoms with Crippen molar-refractivity contribution in [1.29, 1.82) is 0 Å². The molecule has 0 aromatic carbocycles. The molecule has 0 bridgehead atoms. The van der Waals surface area contributed by atoms with E-state index in [0.29, 0.717) is 5.56 Å². The second-order valence-electron chi connectivity index (χ2n) is 2.76. The van der Waals surface area contributed by atoms with Gasteiger partial charge in [-0.3, -0.25) is 9.78 Å². The van der Waals surface area contributed by atoms with Crippen LogP contribution in [0.5, 0.6) is 0 Å². The van der Waals surface area contributed by atoms with Gasteiger partial charge in [-0.2, -0.15) is 5.90 Å². The highest BCUT2D eigenvalue weighted by Gasteiger charge is 2.23. The van der Waals surface area contributed by atoms with Gasteiger partial charge in [0.25, 0.3) is 0 Å². The predicted octanol–water partition coefficient (Wildman–Crippen LogP) is 0.317. The molecule has 1 aromatic heterocycles. The number of nitrogens with two attached hydrogens (primary N) is 1. The molecule has 5 nitrogen and oxygen atoms in total. The molecule has 1 heterocycles. The molecule has 0 fully saturated rings. The Bertz CT molecular complexity index is 337. The first-order chi connectivity index (χ1) is 6.66. The Morgan fingerprint density at radius 1 is 1.43 bits per heavy atom. The van der Waals surface area contributed by atoms with Gasteiger partial charge >= 0.3 is 5.97 Å². The third-order valence-corrected chi connectivity index (χ3v) is 1.83. The zero-order valence-corrected chi connectivity index (χ0v) is 7.64. The number of aromatic nitrogens is 1. The van der Waals surface area contributed by atoms with Gasteiger partial charge in [0, 0.05) is 18.0 Å². The molecule has 0 spiro atoms. The van der Waals surface area contributed by atoms with Gasteiger partial charge < -0.3 is 4.84 Å². The van der Waals surface area contributed by atoms with Crippen molar-refractivity contribution in [2.75, 3.05) is 0 Å². The van der Waals surface area contributed by atoms with Crippen LogP contribution in [-0.4, -0.2) is 16.7 Å². The van der Waals surface area contributed by atoms with Crippen molar-refractivity contribution in [3.63, 3.8) is 0 Å². The quantitative estimate of drug-likeness (QED) is 0.425. The van der Waals surface area contributed by atoms with Crippen LogP contribution in [0.3, 0.4) is 0 Å². The van der Waals surface area contributed by atoms with E-state index in [1.165, 1.54) is 31.5 Å². The maximum absolute atomic E-state index is 11.6. The first-order valence-electron chi connectivity index (χ1n) is 4.01. The smallest absolute Gasteiger partial charge is 0.335 e. The Balaban J connectivity index is 2.81. The molecule has 0 aliphatic rings. The number of hydrogen-bond acceptors (Lipinski definition) is 5. The predicted molar refractivity (Wildman–Crippen MR) is 48.0 cm³/mol. The molecule has 74 valence electrons. The number of ketones is 1. The monoisotopic (exact) mass is 194 g/mol. The van der Waals surface area contributed by atoms with E-state index in [1.54, 1.807) is 0 Å². The van der Waals surface area contributed by atoms with E-state index in [0.717, 1.165) is 0 Å². The van der Waals surface area contributed by atoms with Crippen molar-refractivity contribution < 1.29 is 14.4 Å². The van der Waals surface area contributed by atoms with Crippen LogP contribution in [0.2, 0.25) is 0 Å². The SMILES string of the molecule is CC(C(=O)ON)C(=O)c1ccncc1. The molecule has 0 aliphatic carbocycles. The molecule has 1 unspecified atom stereocenters. The minimum absolute atomic E-state index is 0.331. The second-order valence-corrected chi connectivity index (χ2v) is 2.76. The molecule has 14 heavy (non-hydrogen) atoms. The molecule has 0 saturated heterocycles. The van der Waals surface area contributed by atoms with Crippen LogP contribution in [0, 0.1) is 5.92 Å². The largest absolute Gasteiger partial charge is 0.373 e. The van der Waals surface area contributed by atoms with Gasteiger partial charge in [0.2, 0.25) is 0 Å². The first-order valence-corrected chi connectivity index (χ1v) is 4.01. The molecule has 1 atom stereocenters. The summed E-state index contributed by atoms with van der Waals surface area (Å²) >= 11 is 0. The fraction of sp³-hybridized carbons (Fsp3) is 0.222. The van der Waals surface area contributed by atoms with E-state index >= 15 is 0 Å². The third-order valence-electron chi connectivity index (χ3n) is 1.83. The number of carbonyl (C=O) groups is 2. The van der Waals surface area contributed by atoms with Crippen molar-refractivity contribution in [3.8, 4) is 0 Å². The standard InChI is InChI=1S/C9H10N2O3/c1-6(9(13)14-10)8(12)7-2-4-11-5-3-7/h2-6H,10H2,1H3. The van der Waals surface area contributed by atoms with E-state index in [1.807, 2.05) is 0 Å². The Hall–Kier alpha value is -1.75. The Morgan fingerprint density at radius 3 is 2.50 bits per heavy atom. The highest BCUT2D eigenvalue weighted by atomic mass is 16.7. The van der Waals surface area contributed by atoms with Gasteiger partial charge in [-0.15, -0.1) is 0 Å². The maximum Gasteiger partial charge on any atom is 0.335 e. The summed E-state index contributed by atoms with van der Waals surface area (Å²) in [5, 5.41) is 0. The summed E-state index contributed by atoms with van der Waals surface area (Å²) in [5.41, 5.74) is 0.415. The highest BCUT2D eigenvalue weighted by Crippen LogP contribution is 2.08. The number of nitrogens with zero attached hydrogens (tertiary/aromatic N) is 1. The van der Waals surface area contributed by atoms with E-state index in [2.05, 4.69) is 15.7 Å². The average Bonchev–Trinajstić information content (AvgIpc) is 2.27. The van der Waals surface area contributed by atoms with Gasteiger partial charge in [-0.25, -0.2) is 4.79 Å². The summed E-state index contributed by atoms with van der Waals surface area (Å²) in [6.45, 7) is 1.44. The maximum atomic E-state index is 11.6. The van der Waals surface area contributed by atoms with Crippen LogP contribution in [-0.2, 0) is 9.63 Å². The van der Waals surface area contributed by atoms with Crippen LogP contribution in [0.15, 0.2) is 24.5 Å². The van der Waals surface area contributed by atoms with Gasteiger partial charge in [0.05, 0.1) is 0 Å². The fourth-order valence-electron chi connectivity index (χ4n) is 0.975. The lowest BCUT2D eigenvalue weighted by molar-refractivity contribution is -0.146. The summed E-state index contributed by atoms with van der Waals surface area (Å²) in [7, 11) is 0. The number of rotatable bonds is 3. The number of Topliss-reactive ketones (excluding diaryl/α,β-unsaturated/α-hetero) is 1. The van der Waals surface area contributed by atoms with E-state index in [-0.39, 0.29) is 5.78 Å². The van der Waals surface area contributed by atoms with Gasteiger partial charge in [0.15, 0.2) is 5.78 Å². The Labute approximate surface area is 80.8 Å². The average molecular weight is 194 g/mol. The zero-order chi connectivity index (χ0) is 10.6. The number of pyridine rings is 1. The van der Waals surface area contributed by atoms with Crippen LogP contribution in [0.1, 0.15) is 17.3 Å². The van der Waals surface area contributed by atoms with Crippen molar-refractivity contribution in [2.24, 2.45) is 11.8 Å². The van der Waals surface area contributed by atoms with Crippen molar-refractivity contribution in [1.82, 2.24) is 4.98 Å². The van der Waals surface area contributed by atoms with Gasteiger partial charge in [-0.1, -0.05) is 0 Å². The third kappa shape index (κ3) is 2.14. The molecular formula is C9H10N2O3. The highest BCUT2D eigenvalue weighted by molar-refractivity contribution is 6.08. The van der Waals surface area contributed by atoms with E-state index < -0.39 is 11.9 Å². The van der Waals surface area contributed by atoms with Crippen molar-refractivity contribution in [2.45, 2.75) is 6.92 Å². The molecule has 0 aliphatic heterocycles. The minimum Gasteiger partial charge on any atom is -0.373 e. The molecule has 0 saturated carbocycles. The van der Waals surface area contributed by atoms with E-state index in [4.69, 9.17) is 0 Å². The molecule has 0 radical (unpaired) electrons. The lowest BCUT2D eigenvalue weighted by Gasteiger charge is -2.06.